The molecule has 0 radical (unpaired) electrons. The van der Waals surface area contributed by atoms with E-state index in [2.05, 4.69) is 47.8 Å². The number of aliphatic imine (C=N–C) groups is 1. The zero-order valence-electron chi connectivity index (χ0n) is 9.53. The first-order valence-electron chi connectivity index (χ1n) is 5.49. The Morgan fingerprint density at radius 1 is 1.31 bits per heavy atom. The van der Waals surface area contributed by atoms with Gasteiger partial charge in [0.2, 0.25) is 5.90 Å². The van der Waals surface area contributed by atoms with Crippen molar-refractivity contribution in [1.29, 1.82) is 0 Å². The van der Waals surface area contributed by atoms with Gasteiger partial charge >= 0.3 is 0 Å². The highest BCUT2D eigenvalue weighted by molar-refractivity contribution is 5.99. The van der Waals surface area contributed by atoms with Crippen LogP contribution in [0.15, 0.2) is 29.3 Å². The summed E-state index contributed by atoms with van der Waals surface area (Å²) in [6.45, 7) is 3.58. The van der Waals surface area contributed by atoms with Gasteiger partial charge in [0.15, 0.2) is 0 Å². The Morgan fingerprint density at radius 2 is 2.19 bits per heavy atom. The molecule has 0 saturated heterocycles. The van der Waals surface area contributed by atoms with Crippen LogP contribution in [0.5, 0.6) is 0 Å². The minimum atomic E-state index is 0.704. The Labute approximate surface area is 94.4 Å². The Bertz CT molecular complexity index is 581. The first kappa shape index (κ1) is 9.46. The number of aromatic nitrogens is 1. The summed E-state index contributed by atoms with van der Waals surface area (Å²) in [5.74, 6) is 0.774. The number of hydrogen-bond donors (Lipinski definition) is 0. The number of nitrogens with zero attached hydrogens (tertiary/aromatic N) is 2. The molecule has 1 aliphatic heterocycles. The summed E-state index contributed by atoms with van der Waals surface area (Å²) in [5.41, 5.74) is 3.57. The molecule has 0 amide bonds. The minimum absolute atomic E-state index is 0.704. The summed E-state index contributed by atoms with van der Waals surface area (Å²) in [6, 6.07) is 8.61. The van der Waals surface area contributed by atoms with Crippen LogP contribution in [0, 0.1) is 6.92 Å². The van der Waals surface area contributed by atoms with Gasteiger partial charge in [-0.3, -0.25) is 0 Å². The van der Waals surface area contributed by atoms with Gasteiger partial charge < -0.3 is 9.30 Å². The van der Waals surface area contributed by atoms with Crippen LogP contribution >= 0.6 is 0 Å². The molecule has 3 heteroatoms. The molecule has 0 aliphatic carbocycles. The second-order valence-electron chi connectivity index (χ2n) is 4.19. The molecule has 2 aromatic rings. The molecule has 3 rings (SSSR count). The van der Waals surface area contributed by atoms with Crippen LogP contribution < -0.4 is 0 Å². The maximum atomic E-state index is 5.51. The van der Waals surface area contributed by atoms with E-state index in [0.717, 1.165) is 18.1 Å². The van der Waals surface area contributed by atoms with Crippen LogP contribution in [0.3, 0.4) is 0 Å². The molecule has 16 heavy (non-hydrogen) atoms. The van der Waals surface area contributed by atoms with Crippen molar-refractivity contribution in [3.63, 3.8) is 0 Å². The van der Waals surface area contributed by atoms with E-state index in [1.807, 2.05) is 0 Å². The lowest BCUT2D eigenvalue weighted by molar-refractivity contribution is 0.346. The molecule has 1 aliphatic rings. The predicted octanol–water partition coefficient (Wildman–Crippen LogP) is 2.26. The monoisotopic (exact) mass is 214 g/mol. The maximum absolute atomic E-state index is 5.51. The molecule has 2 heterocycles. The summed E-state index contributed by atoms with van der Waals surface area (Å²) < 4.78 is 7.65. The summed E-state index contributed by atoms with van der Waals surface area (Å²) in [6.07, 6.45) is 0. The van der Waals surface area contributed by atoms with Crippen molar-refractivity contribution < 1.29 is 4.74 Å². The molecule has 0 spiro atoms. The van der Waals surface area contributed by atoms with Gasteiger partial charge in [0.25, 0.3) is 0 Å². The first-order chi connectivity index (χ1) is 7.75. The lowest BCUT2D eigenvalue weighted by atomic mass is 10.2. The van der Waals surface area contributed by atoms with Crippen molar-refractivity contribution in [1.82, 2.24) is 4.57 Å². The summed E-state index contributed by atoms with van der Waals surface area (Å²) >= 11 is 0. The maximum Gasteiger partial charge on any atom is 0.233 e. The predicted molar refractivity (Wildman–Crippen MR) is 65.0 cm³/mol. The number of hydrogen-bond acceptors (Lipinski definition) is 2. The third kappa shape index (κ3) is 1.32. The van der Waals surface area contributed by atoms with Crippen molar-refractivity contribution in [3.8, 4) is 0 Å². The highest BCUT2D eigenvalue weighted by Crippen LogP contribution is 2.21. The fourth-order valence-electron chi connectivity index (χ4n) is 2.16. The van der Waals surface area contributed by atoms with Crippen LogP contribution in [-0.2, 0) is 11.8 Å². The topological polar surface area (TPSA) is 26.5 Å². The lowest BCUT2D eigenvalue weighted by Gasteiger charge is -2.03. The zero-order valence-corrected chi connectivity index (χ0v) is 9.53. The number of rotatable bonds is 1. The smallest absolute Gasteiger partial charge is 0.233 e. The van der Waals surface area contributed by atoms with Crippen LogP contribution in [0.2, 0.25) is 0 Å². The second-order valence-corrected chi connectivity index (χ2v) is 4.19. The normalized spacial score (nSPS) is 15.2. The first-order valence-corrected chi connectivity index (χ1v) is 5.49. The largest absolute Gasteiger partial charge is 0.474 e. The van der Waals surface area contributed by atoms with Gasteiger partial charge in [-0.2, -0.15) is 0 Å². The molecule has 0 N–H and O–H groups in total. The fourth-order valence-corrected chi connectivity index (χ4v) is 2.16. The Balaban J connectivity index is 2.22. The van der Waals surface area contributed by atoms with Crippen LogP contribution in [0.4, 0.5) is 0 Å². The lowest BCUT2D eigenvalue weighted by Crippen LogP contribution is -2.06. The van der Waals surface area contributed by atoms with E-state index in [4.69, 9.17) is 4.74 Å². The standard InChI is InChI=1S/C13H14N2O/c1-9-3-4-11-10(7-9)8-12(15(11)2)13-14-5-6-16-13/h3-4,7-8H,5-6H2,1-2H3. The van der Waals surface area contributed by atoms with Gasteiger partial charge in [-0.25, -0.2) is 4.99 Å². The van der Waals surface area contributed by atoms with Gasteiger partial charge in [-0.05, 0) is 25.1 Å². The highest BCUT2D eigenvalue weighted by Gasteiger charge is 2.15. The van der Waals surface area contributed by atoms with Crippen molar-refractivity contribution in [3.05, 3.63) is 35.5 Å². The minimum Gasteiger partial charge on any atom is -0.474 e. The average molecular weight is 214 g/mol. The SMILES string of the molecule is Cc1ccc2c(c1)cc(C1=NCCO1)n2C. The highest BCUT2D eigenvalue weighted by atomic mass is 16.5. The molecular weight excluding hydrogens is 200 g/mol. The number of aryl methyl sites for hydroxylation is 2. The molecule has 0 unspecified atom stereocenters. The Kier molecular flexibility index (Phi) is 1.99. The van der Waals surface area contributed by atoms with E-state index in [1.165, 1.54) is 16.5 Å². The van der Waals surface area contributed by atoms with Gasteiger partial charge in [0, 0.05) is 18.0 Å². The van der Waals surface area contributed by atoms with Gasteiger partial charge in [-0.15, -0.1) is 0 Å². The van der Waals surface area contributed by atoms with Gasteiger partial charge in [-0.1, -0.05) is 11.6 Å². The van der Waals surface area contributed by atoms with Crippen molar-refractivity contribution >= 4 is 16.8 Å². The fraction of sp³-hybridized carbons (Fsp3) is 0.308. The van der Waals surface area contributed by atoms with E-state index in [1.54, 1.807) is 0 Å². The summed E-state index contributed by atoms with van der Waals surface area (Å²) in [5, 5.41) is 1.25. The summed E-state index contributed by atoms with van der Waals surface area (Å²) in [7, 11) is 2.05. The van der Waals surface area contributed by atoms with Gasteiger partial charge in [0.05, 0.1) is 6.54 Å². The molecule has 0 atom stereocenters. The van der Waals surface area contributed by atoms with E-state index in [-0.39, 0.29) is 0 Å². The van der Waals surface area contributed by atoms with E-state index in [9.17, 15) is 0 Å². The van der Waals surface area contributed by atoms with Crippen LogP contribution in [0.1, 0.15) is 11.3 Å². The van der Waals surface area contributed by atoms with Crippen LogP contribution in [-0.4, -0.2) is 23.6 Å². The molecular formula is C13H14N2O. The van der Waals surface area contributed by atoms with Crippen molar-refractivity contribution in [2.45, 2.75) is 6.92 Å². The number of benzene rings is 1. The summed E-state index contributed by atoms with van der Waals surface area (Å²) in [4.78, 5) is 4.36. The number of ether oxygens (including phenoxy) is 1. The third-order valence-corrected chi connectivity index (χ3v) is 3.00. The Morgan fingerprint density at radius 3 is 2.94 bits per heavy atom. The van der Waals surface area contributed by atoms with E-state index < -0.39 is 0 Å². The third-order valence-electron chi connectivity index (χ3n) is 3.00. The van der Waals surface area contributed by atoms with Gasteiger partial charge in [0.1, 0.15) is 12.3 Å². The average Bonchev–Trinajstić information content (AvgIpc) is 2.86. The molecule has 3 nitrogen and oxygen atoms in total. The second kappa shape index (κ2) is 3.37. The molecule has 82 valence electrons. The van der Waals surface area contributed by atoms with Crippen molar-refractivity contribution in [2.24, 2.45) is 12.0 Å². The molecule has 1 aromatic heterocycles. The quantitative estimate of drug-likeness (QED) is 0.715. The van der Waals surface area contributed by atoms with E-state index in [0.29, 0.717) is 6.61 Å². The zero-order chi connectivity index (χ0) is 11.1. The number of fused-ring (bicyclic) bond motifs is 1. The molecule has 0 saturated carbocycles. The van der Waals surface area contributed by atoms with Crippen molar-refractivity contribution in [2.75, 3.05) is 13.2 Å². The Hall–Kier alpha value is -1.77. The molecule has 0 bridgehead atoms. The van der Waals surface area contributed by atoms with Crippen LogP contribution in [0.25, 0.3) is 10.9 Å². The molecule has 1 aromatic carbocycles. The molecule has 0 fully saturated rings. The van der Waals surface area contributed by atoms with E-state index >= 15 is 0 Å².